The van der Waals surface area contributed by atoms with E-state index in [1.54, 1.807) is 25.1 Å². The topological polar surface area (TPSA) is 82.1 Å². The van der Waals surface area contributed by atoms with Gasteiger partial charge in [0, 0.05) is 0 Å². The number of nitrogens with zero attached hydrogens (tertiary/aromatic N) is 1. The summed E-state index contributed by atoms with van der Waals surface area (Å²) in [6.45, 7) is 1.98. The maximum absolute atomic E-state index is 13.5. The third-order valence-corrected chi connectivity index (χ3v) is 6.62. The van der Waals surface area contributed by atoms with E-state index in [0.717, 1.165) is 0 Å². The number of carbonyl (C=O) groups is 1. The number of benzene rings is 3. The van der Waals surface area contributed by atoms with E-state index < -0.39 is 21.8 Å². The monoisotopic (exact) mass is 457 g/mol. The molecule has 0 spiro atoms. The van der Waals surface area contributed by atoms with Crippen molar-refractivity contribution in [2.45, 2.75) is 18.4 Å². The summed E-state index contributed by atoms with van der Waals surface area (Å²) in [5.41, 5.74) is 1.19. The molecular weight excluding hydrogens is 437 g/mol. The number of ether oxygens (including phenoxy) is 3. The van der Waals surface area contributed by atoms with E-state index in [4.69, 9.17) is 14.2 Å². The molecule has 9 heteroatoms. The Morgan fingerprint density at radius 1 is 1.00 bits per heavy atom. The predicted octanol–water partition coefficient (Wildman–Crippen LogP) is 4.13. The Morgan fingerprint density at radius 2 is 1.69 bits per heavy atom. The Morgan fingerprint density at radius 3 is 2.38 bits per heavy atom. The molecule has 1 aliphatic rings. The molecule has 7 nitrogen and oxygen atoms in total. The summed E-state index contributed by atoms with van der Waals surface area (Å²) in [5.74, 6) is 0.0948. The first-order valence-corrected chi connectivity index (χ1v) is 11.3. The number of fused-ring (bicyclic) bond motifs is 1. The third-order valence-electron chi connectivity index (χ3n) is 4.83. The largest absolute Gasteiger partial charge is 0.462 e. The van der Waals surface area contributed by atoms with Crippen molar-refractivity contribution in [1.29, 1.82) is 0 Å². The van der Waals surface area contributed by atoms with Gasteiger partial charge < -0.3 is 14.2 Å². The molecule has 1 aliphatic heterocycles. The molecule has 0 N–H and O–H groups in total. The summed E-state index contributed by atoms with van der Waals surface area (Å²) in [4.78, 5) is 11.9. The van der Waals surface area contributed by atoms with Gasteiger partial charge >= 0.3 is 5.97 Å². The first-order valence-electron chi connectivity index (χ1n) is 9.82. The van der Waals surface area contributed by atoms with Crippen molar-refractivity contribution in [3.63, 3.8) is 0 Å². The SMILES string of the molecule is CCOC(=O)c1ccc(S(=O)(=O)N(Cc2ccc3c(c2)OCO3)c2ccc(F)cc2)cc1. The zero-order valence-electron chi connectivity index (χ0n) is 17.2. The summed E-state index contributed by atoms with van der Waals surface area (Å²) in [6.07, 6.45) is 0. The second-order valence-electron chi connectivity index (χ2n) is 6.92. The highest BCUT2D eigenvalue weighted by molar-refractivity contribution is 7.92. The lowest BCUT2D eigenvalue weighted by molar-refractivity contribution is 0.0526. The zero-order chi connectivity index (χ0) is 22.7. The van der Waals surface area contributed by atoms with Crippen LogP contribution < -0.4 is 13.8 Å². The third kappa shape index (κ3) is 4.38. The van der Waals surface area contributed by atoms with Crippen molar-refractivity contribution in [3.8, 4) is 11.5 Å². The Kier molecular flexibility index (Phi) is 6.00. The van der Waals surface area contributed by atoms with Crippen LogP contribution in [0.15, 0.2) is 71.6 Å². The minimum absolute atomic E-state index is 0.0179. The Labute approximate surface area is 185 Å². The summed E-state index contributed by atoms with van der Waals surface area (Å²) in [5, 5.41) is 0. The van der Waals surface area contributed by atoms with E-state index in [1.807, 2.05) is 0 Å². The van der Waals surface area contributed by atoms with Crippen LogP contribution in [-0.4, -0.2) is 27.8 Å². The quantitative estimate of drug-likeness (QED) is 0.497. The van der Waals surface area contributed by atoms with Crippen LogP contribution in [0.4, 0.5) is 10.1 Å². The van der Waals surface area contributed by atoms with Gasteiger partial charge in [-0.25, -0.2) is 17.6 Å². The van der Waals surface area contributed by atoms with Gasteiger partial charge in [-0.3, -0.25) is 4.31 Å². The van der Waals surface area contributed by atoms with Crippen LogP contribution in [0, 0.1) is 5.82 Å². The molecule has 0 saturated heterocycles. The van der Waals surface area contributed by atoms with Crippen molar-refractivity contribution in [1.82, 2.24) is 0 Å². The standard InChI is InChI=1S/C23H20FNO6S/c1-2-29-23(26)17-4-10-20(11-5-17)32(27,28)25(19-8-6-18(24)7-9-19)14-16-3-12-21-22(13-16)31-15-30-21/h3-13H,2,14-15H2,1H3. The maximum atomic E-state index is 13.5. The fraction of sp³-hybridized carbons (Fsp3) is 0.174. The molecule has 0 aliphatic carbocycles. The predicted molar refractivity (Wildman–Crippen MR) is 115 cm³/mol. The molecule has 32 heavy (non-hydrogen) atoms. The molecule has 0 aromatic heterocycles. The summed E-state index contributed by atoms with van der Waals surface area (Å²) in [7, 11) is -4.05. The summed E-state index contributed by atoms with van der Waals surface area (Å²) >= 11 is 0. The van der Waals surface area contributed by atoms with Crippen LogP contribution in [0.5, 0.6) is 11.5 Å². The van der Waals surface area contributed by atoms with E-state index in [2.05, 4.69) is 0 Å². The highest BCUT2D eigenvalue weighted by atomic mass is 32.2. The highest BCUT2D eigenvalue weighted by Gasteiger charge is 2.26. The smallest absolute Gasteiger partial charge is 0.338 e. The maximum Gasteiger partial charge on any atom is 0.338 e. The van der Waals surface area contributed by atoms with Crippen molar-refractivity contribution in [2.24, 2.45) is 0 Å². The minimum atomic E-state index is -4.05. The summed E-state index contributed by atoms with van der Waals surface area (Å²) in [6, 6.07) is 15.8. The van der Waals surface area contributed by atoms with E-state index in [9.17, 15) is 17.6 Å². The van der Waals surface area contributed by atoms with Gasteiger partial charge in [-0.2, -0.15) is 0 Å². The second kappa shape index (κ2) is 8.88. The lowest BCUT2D eigenvalue weighted by atomic mass is 10.2. The van der Waals surface area contributed by atoms with Gasteiger partial charge in [-0.1, -0.05) is 6.07 Å². The lowest BCUT2D eigenvalue weighted by Gasteiger charge is -2.25. The average Bonchev–Trinajstić information content (AvgIpc) is 3.26. The Balaban J connectivity index is 1.70. The van der Waals surface area contributed by atoms with E-state index in [0.29, 0.717) is 22.7 Å². The van der Waals surface area contributed by atoms with Crippen LogP contribution in [0.25, 0.3) is 0 Å². The van der Waals surface area contributed by atoms with Gasteiger partial charge in [0.15, 0.2) is 11.5 Å². The highest BCUT2D eigenvalue weighted by Crippen LogP contribution is 2.34. The van der Waals surface area contributed by atoms with Crippen molar-refractivity contribution in [3.05, 3.63) is 83.7 Å². The molecular formula is C23H20FNO6S. The van der Waals surface area contributed by atoms with Crippen LogP contribution in [-0.2, 0) is 21.3 Å². The zero-order valence-corrected chi connectivity index (χ0v) is 18.0. The Bertz CT molecular complexity index is 1230. The number of esters is 1. The van der Waals surface area contributed by atoms with Crippen LogP contribution in [0.3, 0.4) is 0 Å². The molecule has 3 aromatic rings. The molecule has 3 aromatic carbocycles. The number of rotatable bonds is 7. The number of hydrogen-bond acceptors (Lipinski definition) is 6. The van der Waals surface area contributed by atoms with E-state index in [-0.39, 0.29) is 30.4 Å². The minimum Gasteiger partial charge on any atom is -0.462 e. The number of sulfonamides is 1. The van der Waals surface area contributed by atoms with Crippen LogP contribution >= 0.6 is 0 Å². The van der Waals surface area contributed by atoms with Gasteiger partial charge in [-0.05, 0) is 73.2 Å². The van der Waals surface area contributed by atoms with Gasteiger partial charge in [-0.15, -0.1) is 0 Å². The molecule has 166 valence electrons. The van der Waals surface area contributed by atoms with Crippen molar-refractivity contribution in [2.75, 3.05) is 17.7 Å². The molecule has 0 bridgehead atoms. The molecule has 0 amide bonds. The molecule has 0 fully saturated rings. The fourth-order valence-electron chi connectivity index (χ4n) is 3.23. The molecule has 0 radical (unpaired) electrons. The number of carbonyl (C=O) groups excluding carboxylic acids is 1. The van der Waals surface area contributed by atoms with Gasteiger partial charge in [0.1, 0.15) is 5.82 Å². The summed E-state index contributed by atoms with van der Waals surface area (Å²) < 4.78 is 57.3. The first-order chi connectivity index (χ1) is 15.4. The van der Waals surface area contributed by atoms with Crippen molar-refractivity contribution < 1.29 is 31.8 Å². The number of anilines is 1. The second-order valence-corrected chi connectivity index (χ2v) is 8.78. The van der Waals surface area contributed by atoms with E-state index >= 15 is 0 Å². The van der Waals surface area contributed by atoms with Crippen molar-refractivity contribution >= 4 is 21.7 Å². The first kappa shape index (κ1) is 21.6. The van der Waals surface area contributed by atoms with Crippen LogP contribution in [0.2, 0.25) is 0 Å². The van der Waals surface area contributed by atoms with Gasteiger partial charge in [0.2, 0.25) is 6.79 Å². The molecule has 0 saturated carbocycles. The molecule has 0 atom stereocenters. The fourth-order valence-corrected chi connectivity index (χ4v) is 4.68. The van der Waals surface area contributed by atoms with Crippen LogP contribution in [0.1, 0.15) is 22.8 Å². The molecule has 0 unspecified atom stereocenters. The lowest BCUT2D eigenvalue weighted by Crippen LogP contribution is -2.30. The number of hydrogen-bond donors (Lipinski definition) is 0. The van der Waals surface area contributed by atoms with E-state index in [1.165, 1.54) is 52.8 Å². The Hall–Kier alpha value is -3.59. The number of halogens is 1. The molecule has 4 rings (SSSR count). The average molecular weight is 457 g/mol. The normalized spacial score (nSPS) is 12.4. The molecule has 1 heterocycles. The van der Waals surface area contributed by atoms with Gasteiger partial charge in [0.05, 0.1) is 29.3 Å². The van der Waals surface area contributed by atoms with Gasteiger partial charge in [0.25, 0.3) is 10.0 Å².